The molecule has 0 atom stereocenters. The fourth-order valence-corrected chi connectivity index (χ4v) is 1.72. The minimum atomic E-state index is -4.37. The Morgan fingerprint density at radius 3 is 2.53 bits per heavy atom. The number of carboxylic acids is 1. The van der Waals surface area contributed by atoms with Gasteiger partial charge in [-0.3, -0.25) is 0 Å². The van der Waals surface area contributed by atoms with E-state index in [0.29, 0.717) is 6.42 Å². The first-order chi connectivity index (χ1) is 8.74. The second-order valence-corrected chi connectivity index (χ2v) is 4.12. The molecule has 0 aliphatic carbocycles. The third-order valence-corrected chi connectivity index (χ3v) is 2.48. The number of alkyl halides is 3. The highest BCUT2D eigenvalue weighted by Gasteiger charge is 2.31. The topological polar surface area (TPSA) is 66.6 Å². The fraction of sp³-hybridized carbons (Fsp3) is 0.417. The first-order valence-corrected chi connectivity index (χ1v) is 5.69. The average molecular weight is 276 g/mol. The van der Waals surface area contributed by atoms with E-state index in [0.717, 1.165) is 4.90 Å². The van der Waals surface area contributed by atoms with Gasteiger partial charge in [0.1, 0.15) is 6.54 Å². The molecule has 0 aliphatic heterocycles. The van der Waals surface area contributed by atoms with E-state index in [4.69, 9.17) is 10.8 Å². The van der Waals surface area contributed by atoms with Gasteiger partial charge in [-0.05, 0) is 24.6 Å². The van der Waals surface area contributed by atoms with E-state index >= 15 is 0 Å². The van der Waals surface area contributed by atoms with Gasteiger partial charge in [0.25, 0.3) is 0 Å². The Hall–Kier alpha value is -1.92. The largest absolute Gasteiger partial charge is 0.478 e. The monoisotopic (exact) mass is 276 g/mol. The molecule has 4 nitrogen and oxygen atoms in total. The molecule has 3 N–H and O–H groups in total. The van der Waals surface area contributed by atoms with E-state index in [2.05, 4.69) is 0 Å². The van der Waals surface area contributed by atoms with E-state index < -0.39 is 18.7 Å². The Morgan fingerprint density at radius 1 is 1.42 bits per heavy atom. The zero-order valence-electron chi connectivity index (χ0n) is 10.4. The Bertz CT molecular complexity index is 461. The fourth-order valence-electron chi connectivity index (χ4n) is 1.72. The molecule has 0 heterocycles. The number of anilines is 2. The molecular weight excluding hydrogens is 261 g/mol. The summed E-state index contributed by atoms with van der Waals surface area (Å²) in [5.74, 6) is -1.20. The smallest absolute Gasteiger partial charge is 0.405 e. The lowest BCUT2D eigenvalue weighted by Gasteiger charge is -2.27. The molecule has 106 valence electrons. The Morgan fingerprint density at radius 2 is 2.05 bits per heavy atom. The average Bonchev–Trinajstić information content (AvgIpc) is 2.27. The number of nitrogens with zero attached hydrogens (tertiary/aromatic N) is 1. The van der Waals surface area contributed by atoms with Crippen LogP contribution in [0.1, 0.15) is 23.7 Å². The first-order valence-electron chi connectivity index (χ1n) is 5.69. The van der Waals surface area contributed by atoms with Crippen molar-refractivity contribution in [1.29, 1.82) is 0 Å². The maximum Gasteiger partial charge on any atom is 0.405 e. The van der Waals surface area contributed by atoms with Gasteiger partial charge in [-0.15, -0.1) is 0 Å². The van der Waals surface area contributed by atoms with Gasteiger partial charge in [-0.1, -0.05) is 6.92 Å². The van der Waals surface area contributed by atoms with Crippen LogP contribution in [0.25, 0.3) is 0 Å². The summed E-state index contributed by atoms with van der Waals surface area (Å²) in [5.41, 5.74) is 5.77. The number of aromatic carboxylic acids is 1. The van der Waals surface area contributed by atoms with Gasteiger partial charge in [-0.2, -0.15) is 13.2 Å². The van der Waals surface area contributed by atoms with Crippen LogP contribution in [0.4, 0.5) is 24.5 Å². The molecule has 0 unspecified atom stereocenters. The molecule has 1 rings (SSSR count). The van der Waals surface area contributed by atoms with E-state index in [1.165, 1.54) is 18.2 Å². The van der Waals surface area contributed by atoms with Crippen molar-refractivity contribution in [3.05, 3.63) is 23.8 Å². The molecule has 0 aromatic heterocycles. The standard InChI is InChI=1S/C12H15F3N2O2/c1-2-5-17(7-12(13,14)15)10-6-8(11(18)19)3-4-9(10)16/h3-4,6H,2,5,7,16H2,1H3,(H,18,19). The van der Waals surface area contributed by atoms with Crippen LogP contribution in [-0.4, -0.2) is 30.3 Å². The van der Waals surface area contributed by atoms with Crippen molar-refractivity contribution in [2.45, 2.75) is 19.5 Å². The minimum Gasteiger partial charge on any atom is -0.478 e. The third-order valence-electron chi connectivity index (χ3n) is 2.48. The highest BCUT2D eigenvalue weighted by molar-refractivity contribution is 5.90. The lowest BCUT2D eigenvalue weighted by molar-refractivity contribution is -0.119. The molecule has 0 bridgehead atoms. The second-order valence-electron chi connectivity index (χ2n) is 4.12. The van der Waals surface area contributed by atoms with Crippen molar-refractivity contribution in [2.75, 3.05) is 23.7 Å². The number of carboxylic acid groups (broad SMARTS) is 1. The first kappa shape index (κ1) is 15.1. The van der Waals surface area contributed by atoms with Crippen LogP contribution in [0.15, 0.2) is 18.2 Å². The Labute approximate surface area is 108 Å². The van der Waals surface area contributed by atoms with Crippen molar-refractivity contribution in [2.24, 2.45) is 0 Å². The van der Waals surface area contributed by atoms with Crippen LogP contribution in [0.5, 0.6) is 0 Å². The third kappa shape index (κ3) is 4.35. The quantitative estimate of drug-likeness (QED) is 0.811. The van der Waals surface area contributed by atoms with Gasteiger partial charge < -0.3 is 15.7 Å². The summed E-state index contributed by atoms with van der Waals surface area (Å²) >= 11 is 0. The zero-order valence-corrected chi connectivity index (χ0v) is 10.4. The summed E-state index contributed by atoms with van der Waals surface area (Å²) in [6, 6.07) is 3.73. The highest BCUT2D eigenvalue weighted by Crippen LogP contribution is 2.28. The summed E-state index contributed by atoms with van der Waals surface area (Å²) in [6.07, 6.45) is -3.88. The van der Waals surface area contributed by atoms with E-state index in [9.17, 15) is 18.0 Å². The highest BCUT2D eigenvalue weighted by atomic mass is 19.4. The molecule has 1 aromatic carbocycles. The van der Waals surface area contributed by atoms with Gasteiger partial charge in [0.05, 0.1) is 16.9 Å². The summed E-state index contributed by atoms with van der Waals surface area (Å²) in [5, 5.41) is 8.86. The van der Waals surface area contributed by atoms with Crippen LogP contribution < -0.4 is 10.6 Å². The van der Waals surface area contributed by atoms with Crippen LogP contribution in [-0.2, 0) is 0 Å². The number of benzene rings is 1. The maximum atomic E-state index is 12.5. The van der Waals surface area contributed by atoms with Crippen molar-refractivity contribution >= 4 is 17.3 Å². The Kier molecular flexibility index (Phi) is 4.63. The molecule has 19 heavy (non-hydrogen) atoms. The summed E-state index contributed by atoms with van der Waals surface area (Å²) < 4.78 is 37.5. The number of nitrogens with two attached hydrogens (primary N) is 1. The van der Waals surface area contributed by atoms with E-state index in [-0.39, 0.29) is 23.5 Å². The molecule has 0 saturated carbocycles. The molecule has 1 aromatic rings. The predicted octanol–water partition coefficient (Wildman–Crippen LogP) is 2.75. The van der Waals surface area contributed by atoms with Crippen molar-refractivity contribution in [1.82, 2.24) is 0 Å². The van der Waals surface area contributed by atoms with E-state index in [1.807, 2.05) is 0 Å². The molecule has 0 saturated heterocycles. The predicted molar refractivity (Wildman–Crippen MR) is 66.4 cm³/mol. The van der Waals surface area contributed by atoms with Crippen molar-refractivity contribution in [3.8, 4) is 0 Å². The molecule has 7 heteroatoms. The molecule has 0 fully saturated rings. The van der Waals surface area contributed by atoms with E-state index in [1.54, 1.807) is 6.92 Å². The number of carbonyl (C=O) groups is 1. The van der Waals surface area contributed by atoms with Crippen LogP contribution in [0.2, 0.25) is 0 Å². The number of nitrogen functional groups attached to an aromatic ring is 1. The van der Waals surface area contributed by atoms with Gasteiger partial charge in [0.2, 0.25) is 0 Å². The molecular formula is C12H15F3N2O2. The van der Waals surface area contributed by atoms with Gasteiger partial charge in [-0.25, -0.2) is 4.79 Å². The number of hydrogen-bond donors (Lipinski definition) is 2. The summed E-state index contributed by atoms with van der Waals surface area (Å²) in [7, 11) is 0. The second kappa shape index (κ2) is 5.81. The maximum absolute atomic E-state index is 12.5. The summed E-state index contributed by atoms with van der Waals surface area (Å²) in [4.78, 5) is 11.9. The van der Waals surface area contributed by atoms with Crippen molar-refractivity contribution < 1.29 is 23.1 Å². The molecule has 0 radical (unpaired) electrons. The Balaban J connectivity index is 3.13. The lowest BCUT2D eigenvalue weighted by Crippen LogP contribution is -2.35. The van der Waals surface area contributed by atoms with Gasteiger partial charge in [0, 0.05) is 6.54 Å². The van der Waals surface area contributed by atoms with Crippen LogP contribution in [0, 0.1) is 0 Å². The number of halogens is 3. The van der Waals surface area contributed by atoms with Gasteiger partial charge in [0.15, 0.2) is 0 Å². The number of rotatable bonds is 5. The van der Waals surface area contributed by atoms with Crippen LogP contribution in [0.3, 0.4) is 0 Å². The minimum absolute atomic E-state index is 0.0903. The lowest BCUT2D eigenvalue weighted by atomic mass is 10.1. The normalized spacial score (nSPS) is 11.4. The molecule has 0 spiro atoms. The summed E-state index contributed by atoms with van der Waals surface area (Å²) in [6.45, 7) is 0.724. The molecule has 0 aliphatic rings. The molecule has 0 amide bonds. The zero-order chi connectivity index (χ0) is 14.6. The van der Waals surface area contributed by atoms with Crippen LogP contribution >= 0.6 is 0 Å². The van der Waals surface area contributed by atoms with Gasteiger partial charge >= 0.3 is 12.1 Å². The SMILES string of the molecule is CCCN(CC(F)(F)F)c1cc(C(=O)O)ccc1N. The van der Waals surface area contributed by atoms with Crippen molar-refractivity contribution in [3.63, 3.8) is 0 Å². The number of hydrogen-bond acceptors (Lipinski definition) is 3.